The molecule has 0 aliphatic carbocycles. The standard InChI is InChI=1S/C22H45N/c1-8-14-21(4,5)15-10-11-16-22(6,7)17-19-23-18-12-9-13-20(2)3/h23H,2,8-19H2,1,3-7H3. The molecule has 0 aliphatic heterocycles. The fourth-order valence-electron chi connectivity index (χ4n) is 3.36. The molecular weight excluding hydrogens is 278 g/mol. The summed E-state index contributed by atoms with van der Waals surface area (Å²) < 4.78 is 0. The van der Waals surface area contributed by atoms with Gasteiger partial charge in [0.15, 0.2) is 0 Å². The average Bonchev–Trinajstić information content (AvgIpc) is 2.42. The lowest BCUT2D eigenvalue weighted by molar-refractivity contribution is 0.258. The van der Waals surface area contributed by atoms with E-state index in [1.54, 1.807) is 0 Å². The molecule has 138 valence electrons. The van der Waals surface area contributed by atoms with Crippen LogP contribution in [0.5, 0.6) is 0 Å². The Bertz CT molecular complexity index is 301. The zero-order chi connectivity index (χ0) is 17.8. The Hall–Kier alpha value is -0.300. The molecule has 0 saturated heterocycles. The molecule has 0 aromatic carbocycles. The molecule has 0 aromatic rings. The molecule has 1 heteroatoms. The highest BCUT2D eigenvalue weighted by Gasteiger charge is 2.19. The fourth-order valence-corrected chi connectivity index (χ4v) is 3.36. The molecule has 1 nitrogen and oxygen atoms in total. The highest BCUT2D eigenvalue weighted by molar-refractivity contribution is 4.87. The molecule has 0 rings (SSSR count). The Morgan fingerprint density at radius 3 is 1.87 bits per heavy atom. The van der Waals surface area contributed by atoms with Gasteiger partial charge in [-0.2, -0.15) is 0 Å². The first kappa shape index (κ1) is 22.7. The first-order valence-electron chi connectivity index (χ1n) is 10.0. The van der Waals surface area contributed by atoms with Crippen molar-refractivity contribution < 1.29 is 0 Å². The van der Waals surface area contributed by atoms with Gasteiger partial charge in [-0.3, -0.25) is 0 Å². The van der Waals surface area contributed by atoms with E-state index >= 15 is 0 Å². The van der Waals surface area contributed by atoms with E-state index in [4.69, 9.17) is 0 Å². The van der Waals surface area contributed by atoms with Crippen molar-refractivity contribution in [1.29, 1.82) is 0 Å². The second-order valence-corrected chi connectivity index (χ2v) is 9.20. The van der Waals surface area contributed by atoms with Gasteiger partial charge in [-0.25, -0.2) is 0 Å². The van der Waals surface area contributed by atoms with Gasteiger partial charge in [-0.05, 0) is 75.8 Å². The number of hydrogen-bond donors (Lipinski definition) is 1. The first-order chi connectivity index (χ1) is 10.7. The first-order valence-corrected chi connectivity index (χ1v) is 10.0. The van der Waals surface area contributed by atoms with Crippen molar-refractivity contribution in [3.63, 3.8) is 0 Å². The van der Waals surface area contributed by atoms with Gasteiger partial charge in [0, 0.05) is 0 Å². The van der Waals surface area contributed by atoms with Crippen LogP contribution in [0.2, 0.25) is 0 Å². The van der Waals surface area contributed by atoms with Crippen LogP contribution in [0.1, 0.15) is 106 Å². The highest BCUT2D eigenvalue weighted by atomic mass is 14.8. The van der Waals surface area contributed by atoms with Crippen molar-refractivity contribution in [3.8, 4) is 0 Å². The van der Waals surface area contributed by atoms with E-state index in [1.165, 1.54) is 76.3 Å². The number of allylic oxidation sites excluding steroid dienone is 1. The molecular formula is C22H45N. The molecule has 0 radical (unpaired) electrons. The molecule has 0 unspecified atom stereocenters. The molecule has 0 spiro atoms. The molecule has 0 bridgehead atoms. The topological polar surface area (TPSA) is 12.0 Å². The minimum atomic E-state index is 0.486. The molecule has 0 heterocycles. The van der Waals surface area contributed by atoms with Crippen LogP contribution in [0.25, 0.3) is 0 Å². The molecule has 0 aromatic heterocycles. The SMILES string of the molecule is C=C(C)CCCCNCCC(C)(C)CCCCC(C)(C)CCC. The largest absolute Gasteiger partial charge is 0.317 e. The Kier molecular flexibility index (Phi) is 12.0. The highest BCUT2D eigenvalue weighted by Crippen LogP contribution is 2.32. The molecule has 0 aliphatic rings. The summed E-state index contributed by atoms with van der Waals surface area (Å²) in [6.07, 6.45) is 13.3. The predicted octanol–water partition coefficient (Wildman–Crippen LogP) is 7.13. The number of rotatable bonds is 15. The van der Waals surface area contributed by atoms with E-state index in [0.29, 0.717) is 10.8 Å². The van der Waals surface area contributed by atoms with Crippen LogP contribution in [0.4, 0.5) is 0 Å². The maximum atomic E-state index is 3.96. The summed E-state index contributed by atoms with van der Waals surface area (Å²) in [5.41, 5.74) is 2.34. The zero-order valence-corrected chi connectivity index (χ0v) is 17.2. The van der Waals surface area contributed by atoms with Crippen LogP contribution in [-0.4, -0.2) is 13.1 Å². The van der Waals surface area contributed by atoms with E-state index in [2.05, 4.69) is 53.4 Å². The molecule has 0 saturated carbocycles. The van der Waals surface area contributed by atoms with Crippen LogP contribution >= 0.6 is 0 Å². The summed E-state index contributed by atoms with van der Waals surface area (Å²) in [6, 6.07) is 0. The van der Waals surface area contributed by atoms with Crippen LogP contribution in [-0.2, 0) is 0 Å². The van der Waals surface area contributed by atoms with Gasteiger partial charge < -0.3 is 5.32 Å². The van der Waals surface area contributed by atoms with Gasteiger partial charge in [-0.1, -0.05) is 59.5 Å². The van der Waals surface area contributed by atoms with E-state index in [-0.39, 0.29) is 0 Å². The van der Waals surface area contributed by atoms with Crippen molar-refractivity contribution in [1.82, 2.24) is 5.32 Å². The maximum Gasteiger partial charge on any atom is -0.00438 e. The predicted molar refractivity (Wildman–Crippen MR) is 107 cm³/mol. The Balaban J connectivity index is 3.63. The molecule has 0 amide bonds. The van der Waals surface area contributed by atoms with Gasteiger partial charge in [-0.15, -0.1) is 6.58 Å². The Morgan fingerprint density at radius 2 is 1.35 bits per heavy atom. The van der Waals surface area contributed by atoms with Crippen LogP contribution < -0.4 is 5.32 Å². The van der Waals surface area contributed by atoms with Gasteiger partial charge >= 0.3 is 0 Å². The minimum Gasteiger partial charge on any atom is -0.317 e. The van der Waals surface area contributed by atoms with Crippen molar-refractivity contribution in [2.24, 2.45) is 10.8 Å². The van der Waals surface area contributed by atoms with Gasteiger partial charge in [0.2, 0.25) is 0 Å². The summed E-state index contributed by atoms with van der Waals surface area (Å²) in [6.45, 7) is 20.5. The second kappa shape index (κ2) is 12.1. The molecule has 0 fully saturated rings. The minimum absolute atomic E-state index is 0.486. The summed E-state index contributed by atoms with van der Waals surface area (Å²) in [5, 5.41) is 3.62. The van der Waals surface area contributed by atoms with Crippen molar-refractivity contribution in [3.05, 3.63) is 12.2 Å². The molecule has 0 atom stereocenters. The third-order valence-electron chi connectivity index (χ3n) is 5.07. The zero-order valence-electron chi connectivity index (χ0n) is 17.2. The summed E-state index contributed by atoms with van der Waals surface area (Å²) >= 11 is 0. The van der Waals surface area contributed by atoms with E-state index in [1.807, 2.05) is 0 Å². The van der Waals surface area contributed by atoms with Crippen molar-refractivity contribution in [2.45, 2.75) is 106 Å². The van der Waals surface area contributed by atoms with Crippen LogP contribution in [0.15, 0.2) is 12.2 Å². The van der Waals surface area contributed by atoms with Gasteiger partial charge in [0.1, 0.15) is 0 Å². The normalized spacial score (nSPS) is 12.6. The van der Waals surface area contributed by atoms with E-state index < -0.39 is 0 Å². The summed E-state index contributed by atoms with van der Waals surface area (Å²) in [4.78, 5) is 0. The Morgan fingerprint density at radius 1 is 0.783 bits per heavy atom. The third-order valence-corrected chi connectivity index (χ3v) is 5.07. The maximum absolute atomic E-state index is 3.96. The lowest BCUT2D eigenvalue weighted by Crippen LogP contribution is -2.23. The Labute approximate surface area is 147 Å². The smallest absolute Gasteiger partial charge is 0.00438 e. The van der Waals surface area contributed by atoms with Gasteiger partial charge in [0.25, 0.3) is 0 Å². The number of nitrogens with one attached hydrogen (secondary N) is 1. The summed E-state index contributed by atoms with van der Waals surface area (Å²) in [7, 11) is 0. The monoisotopic (exact) mass is 323 g/mol. The van der Waals surface area contributed by atoms with Crippen molar-refractivity contribution in [2.75, 3.05) is 13.1 Å². The number of hydrogen-bond acceptors (Lipinski definition) is 1. The average molecular weight is 324 g/mol. The lowest BCUT2D eigenvalue weighted by Gasteiger charge is -2.27. The quantitative estimate of drug-likeness (QED) is 0.250. The van der Waals surface area contributed by atoms with Crippen LogP contribution in [0.3, 0.4) is 0 Å². The molecule has 23 heavy (non-hydrogen) atoms. The molecule has 1 N–H and O–H groups in total. The van der Waals surface area contributed by atoms with E-state index in [9.17, 15) is 0 Å². The van der Waals surface area contributed by atoms with Crippen molar-refractivity contribution >= 4 is 0 Å². The number of unbranched alkanes of at least 4 members (excludes halogenated alkanes) is 2. The van der Waals surface area contributed by atoms with Crippen LogP contribution in [0, 0.1) is 10.8 Å². The van der Waals surface area contributed by atoms with Gasteiger partial charge in [0.05, 0.1) is 0 Å². The van der Waals surface area contributed by atoms with E-state index in [0.717, 1.165) is 6.54 Å². The summed E-state index contributed by atoms with van der Waals surface area (Å²) in [5.74, 6) is 0. The fraction of sp³-hybridized carbons (Fsp3) is 0.909. The lowest BCUT2D eigenvalue weighted by atomic mass is 9.80. The third kappa shape index (κ3) is 15.0. The second-order valence-electron chi connectivity index (χ2n) is 9.20.